The number of carbonyl (C=O) groups excluding carboxylic acids is 1. The van der Waals surface area contributed by atoms with Crippen LogP contribution >= 0.6 is 0 Å². The van der Waals surface area contributed by atoms with E-state index in [9.17, 15) is 9.70 Å². The molecule has 1 aromatic carbocycles. The van der Waals surface area contributed by atoms with Gasteiger partial charge in [-0.15, -0.1) is 4.91 Å². The van der Waals surface area contributed by atoms with Crippen LogP contribution in [0.25, 0.3) is 0 Å². The Morgan fingerprint density at radius 3 is 2.47 bits per heavy atom. The zero-order chi connectivity index (χ0) is 10.7. The van der Waals surface area contributed by atoms with Gasteiger partial charge in [0.05, 0.1) is 0 Å². The SMILES string of the molecule is O=NC1(c2ccccc2)CCCCC1=O. The van der Waals surface area contributed by atoms with Gasteiger partial charge in [0.15, 0.2) is 11.3 Å². The summed E-state index contributed by atoms with van der Waals surface area (Å²) in [5, 5.41) is 3.13. The Kier molecular flexibility index (Phi) is 2.62. The van der Waals surface area contributed by atoms with Crippen molar-refractivity contribution in [3.05, 3.63) is 40.8 Å². The van der Waals surface area contributed by atoms with E-state index < -0.39 is 5.54 Å². The van der Waals surface area contributed by atoms with Gasteiger partial charge in [0, 0.05) is 6.42 Å². The van der Waals surface area contributed by atoms with Gasteiger partial charge in [0.2, 0.25) is 0 Å². The topological polar surface area (TPSA) is 46.5 Å². The molecule has 1 aliphatic rings. The van der Waals surface area contributed by atoms with E-state index in [0.717, 1.165) is 18.4 Å². The fraction of sp³-hybridized carbons (Fsp3) is 0.417. The number of hydrogen-bond acceptors (Lipinski definition) is 3. The van der Waals surface area contributed by atoms with Crippen molar-refractivity contribution in [1.29, 1.82) is 0 Å². The van der Waals surface area contributed by atoms with Gasteiger partial charge in [-0.2, -0.15) is 0 Å². The fourth-order valence-electron chi connectivity index (χ4n) is 2.18. The van der Waals surface area contributed by atoms with E-state index in [1.165, 1.54) is 0 Å². The van der Waals surface area contributed by atoms with Crippen LogP contribution in [0.15, 0.2) is 35.5 Å². The van der Waals surface area contributed by atoms with Gasteiger partial charge in [0.25, 0.3) is 0 Å². The minimum atomic E-state index is -1.10. The quantitative estimate of drug-likeness (QED) is 0.694. The molecule has 1 aromatic rings. The number of nitrogens with zero attached hydrogens (tertiary/aromatic N) is 1. The number of hydrogen-bond donors (Lipinski definition) is 0. The van der Waals surface area contributed by atoms with Gasteiger partial charge >= 0.3 is 0 Å². The van der Waals surface area contributed by atoms with Crippen LogP contribution in [0.4, 0.5) is 0 Å². The molecule has 0 aliphatic heterocycles. The minimum absolute atomic E-state index is 0.0325. The van der Waals surface area contributed by atoms with Gasteiger partial charge < -0.3 is 0 Å². The summed E-state index contributed by atoms with van der Waals surface area (Å²) in [7, 11) is 0. The zero-order valence-corrected chi connectivity index (χ0v) is 8.48. The first-order valence-corrected chi connectivity index (χ1v) is 5.23. The van der Waals surface area contributed by atoms with Crippen molar-refractivity contribution >= 4 is 5.78 Å². The third-order valence-corrected chi connectivity index (χ3v) is 3.06. The summed E-state index contributed by atoms with van der Waals surface area (Å²) in [5.74, 6) is -0.0325. The number of nitroso groups, excluding NO2 is 1. The predicted molar refractivity (Wildman–Crippen MR) is 57.4 cm³/mol. The molecule has 3 nitrogen and oxygen atoms in total. The van der Waals surface area contributed by atoms with Crippen molar-refractivity contribution in [2.24, 2.45) is 5.18 Å². The van der Waals surface area contributed by atoms with Crippen LogP contribution in [0.1, 0.15) is 31.2 Å². The predicted octanol–water partition coefficient (Wildman–Crippen LogP) is 2.79. The molecule has 0 aromatic heterocycles. The van der Waals surface area contributed by atoms with Crippen molar-refractivity contribution in [2.45, 2.75) is 31.2 Å². The molecule has 1 fully saturated rings. The maximum atomic E-state index is 11.9. The summed E-state index contributed by atoms with van der Waals surface area (Å²) in [6, 6.07) is 9.17. The molecule has 0 spiro atoms. The number of ketones is 1. The number of carbonyl (C=O) groups is 1. The van der Waals surface area contributed by atoms with E-state index in [1.807, 2.05) is 30.3 Å². The van der Waals surface area contributed by atoms with Gasteiger partial charge in [-0.1, -0.05) is 35.5 Å². The molecule has 0 heterocycles. The van der Waals surface area contributed by atoms with Crippen LogP contribution in [-0.2, 0) is 10.3 Å². The molecule has 0 bridgehead atoms. The van der Waals surface area contributed by atoms with E-state index >= 15 is 0 Å². The van der Waals surface area contributed by atoms with Crippen molar-refractivity contribution < 1.29 is 4.79 Å². The Bertz CT molecular complexity index is 374. The Hall–Kier alpha value is -1.51. The van der Waals surface area contributed by atoms with Crippen LogP contribution in [0.2, 0.25) is 0 Å². The lowest BCUT2D eigenvalue weighted by atomic mass is 9.76. The second kappa shape index (κ2) is 3.93. The van der Waals surface area contributed by atoms with Crippen LogP contribution in [-0.4, -0.2) is 5.78 Å². The van der Waals surface area contributed by atoms with Crippen LogP contribution < -0.4 is 0 Å². The number of Topliss-reactive ketones (excluding diaryl/α,β-unsaturated/α-hetero) is 1. The largest absolute Gasteiger partial charge is 0.296 e. The molecule has 1 saturated carbocycles. The molecule has 0 N–H and O–H groups in total. The molecule has 78 valence electrons. The average molecular weight is 203 g/mol. The molecular formula is C12H13NO2. The fourth-order valence-corrected chi connectivity index (χ4v) is 2.18. The van der Waals surface area contributed by atoms with Crippen LogP contribution in [0, 0.1) is 4.91 Å². The molecular weight excluding hydrogens is 190 g/mol. The van der Waals surface area contributed by atoms with E-state index in [-0.39, 0.29) is 5.78 Å². The van der Waals surface area contributed by atoms with Crippen molar-refractivity contribution in [2.75, 3.05) is 0 Å². The minimum Gasteiger partial charge on any atom is -0.296 e. The lowest BCUT2D eigenvalue weighted by molar-refractivity contribution is -0.126. The van der Waals surface area contributed by atoms with Crippen LogP contribution in [0.3, 0.4) is 0 Å². The van der Waals surface area contributed by atoms with Gasteiger partial charge in [-0.25, -0.2) is 0 Å². The first-order valence-electron chi connectivity index (χ1n) is 5.23. The molecule has 0 amide bonds. The highest BCUT2D eigenvalue weighted by Gasteiger charge is 2.42. The summed E-state index contributed by atoms with van der Waals surface area (Å²) >= 11 is 0. The molecule has 1 atom stereocenters. The van der Waals surface area contributed by atoms with E-state index in [2.05, 4.69) is 5.18 Å². The lowest BCUT2D eigenvalue weighted by Crippen LogP contribution is -2.36. The Morgan fingerprint density at radius 2 is 1.87 bits per heavy atom. The monoisotopic (exact) mass is 203 g/mol. The number of benzene rings is 1. The molecule has 3 heteroatoms. The van der Waals surface area contributed by atoms with E-state index in [4.69, 9.17) is 0 Å². The molecule has 0 radical (unpaired) electrons. The van der Waals surface area contributed by atoms with Gasteiger partial charge in [-0.05, 0) is 24.8 Å². The Labute approximate surface area is 88.5 Å². The Balaban J connectivity index is 2.44. The van der Waals surface area contributed by atoms with Gasteiger partial charge in [-0.3, -0.25) is 4.79 Å². The Morgan fingerprint density at radius 1 is 1.13 bits per heavy atom. The van der Waals surface area contributed by atoms with Crippen molar-refractivity contribution in [3.8, 4) is 0 Å². The van der Waals surface area contributed by atoms with Gasteiger partial charge in [0.1, 0.15) is 0 Å². The smallest absolute Gasteiger partial charge is 0.185 e. The summed E-state index contributed by atoms with van der Waals surface area (Å²) in [4.78, 5) is 22.9. The maximum Gasteiger partial charge on any atom is 0.185 e. The zero-order valence-electron chi connectivity index (χ0n) is 8.48. The molecule has 1 aliphatic carbocycles. The van der Waals surface area contributed by atoms with Crippen molar-refractivity contribution in [3.63, 3.8) is 0 Å². The third kappa shape index (κ3) is 1.58. The van der Waals surface area contributed by atoms with E-state index in [0.29, 0.717) is 12.8 Å². The summed E-state index contributed by atoms with van der Waals surface area (Å²) in [6.07, 6.45) is 2.80. The summed E-state index contributed by atoms with van der Waals surface area (Å²) < 4.78 is 0. The number of rotatable bonds is 2. The van der Waals surface area contributed by atoms with E-state index in [1.54, 1.807) is 0 Å². The third-order valence-electron chi connectivity index (χ3n) is 3.06. The average Bonchev–Trinajstić information content (AvgIpc) is 2.31. The second-order valence-corrected chi connectivity index (χ2v) is 3.95. The van der Waals surface area contributed by atoms with Crippen LogP contribution in [0.5, 0.6) is 0 Å². The summed E-state index contributed by atoms with van der Waals surface area (Å²) in [6.45, 7) is 0. The maximum absolute atomic E-state index is 11.9. The standard InChI is InChI=1S/C12H13NO2/c14-11-8-4-5-9-12(11,13-15)10-6-2-1-3-7-10/h1-3,6-7H,4-5,8-9H2. The summed E-state index contributed by atoms with van der Waals surface area (Å²) in [5.41, 5.74) is -0.357. The highest BCUT2D eigenvalue weighted by atomic mass is 16.3. The molecule has 2 rings (SSSR count). The normalized spacial score (nSPS) is 26.3. The second-order valence-electron chi connectivity index (χ2n) is 3.95. The first kappa shape index (κ1) is 10.0. The van der Waals surface area contributed by atoms with Crippen molar-refractivity contribution in [1.82, 2.24) is 0 Å². The molecule has 15 heavy (non-hydrogen) atoms. The first-order chi connectivity index (χ1) is 7.29. The lowest BCUT2D eigenvalue weighted by Gasteiger charge is -2.28. The molecule has 1 unspecified atom stereocenters. The highest BCUT2D eigenvalue weighted by Crippen LogP contribution is 2.37. The highest BCUT2D eigenvalue weighted by molar-refractivity contribution is 5.90. The molecule has 0 saturated heterocycles.